The first kappa shape index (κ1) is 22.0. The number of benzene rings is 1. The SMILES string of the molecule is CCC(C)(C)[C@@H]1CCc2c(sc(NC(=O)c3ccccc3[N+](=O)[O-])c2C(=O)OC)C1. The molecule has 0 spiro atoms. The van der Waals surface area contributed by atoms with Crippen molar-refractivity contribution in [3.8, 4) is 0 Å². The minimum atomic E-state index is -0.614. The van der Waals surface area contributed by atoms with Gasteiger partial charge in [0, 0.05) is 10.9 Å². The molecule has 1 aromatic carbocycles. The lowest BCUT2D eigenvalue weighted by Gasteiger charge is -2.36. The molecule has 30 heavy (non-hydrogen) atoms. The number of nitrogens with one attached hydrogen (secondary N) is 1. The van der Waals surface area contributed by atoms with Gasteiger partial charge in [-0.05, 0) is 42.2 Å². The van der Waals surface area contributed by atoms with E-state index in [0.717, 1.165) is 36.1 Å². The van der Waals surface area contributed by atoms with Gasteiger partial charge in [0.1, 0.15) is 10.6 Å². The minimum Gasteiger partial charge on any atom is -0.465 e. The number of hydrogen-bond acceptors (Lipinski definition) is 6. The summed E-state index contributed by atoms with van der Waals surface area (Å²) in [6, 6.07) is 5.76. The van der Waals surface area contributed by atoms with Gasteiger partial charge in [0.05, 0.1) is 17.6 Å². The average Bonchev–Trinajstić information content (AvgIpc) is 3.09. The predicted octanol–water partition coefficient (Wildman–Crippen LogP) is 5.24. The number of thiophene rings is 1. The van der Waals surface area contributed by atoms with Crippen molar-refractivity contribution in [3.05, 3.63) is 55.9 Å². The zero-order chi connectivity index (χ0) is 22.1. The van der Waals surface area contributed by atoms with Gasteiger partial charge in [-0.25, -0.2) is 4.79 Å². The van der Waals surface area contributed by atoms with Crippen molar-refractivity contribution in [1.29, 1.82) is 0 Å². The van der Waals surface area contributed by atoms with Gasteiger partial charge in [-0.2, -0.15) is 0 Å². The number of rotatable bonds is 6. The number of nitrogens with zero attached hydrogens (tertiary/aromatic N) is 1. The number of amides is 1. The fourth-order valence-electron chi connectivity index (χ4n) is 3.94. The number of nitro benzene ring substituents is 1. The fourth-order valence-corrected chi connectivity index (χ4v) is 5.25. The van der Waals surface area contributed by atoms with Crippen LogP contribution >= 0.6 is 11.3 Å². The fraction of sp³-hybridized carbons (Fsp3) is 0.455. The maximum atomic E-state index is 12.8. The van der Waals surface area contributed by atoms with E-state index in [-0.39, 0.29) is 16.7 Å². The molecule has 7 nitrogen and oxygen atoms in total. The molecule has 0 fully saturated rings. The summed E-state index contributed by atoms with van der Waals surface area (Å²) < 4.78 is 4.97. The first-order valence-electron chi connectivity index (χ1n) is 9.97. The van der Waals surface area contributed by atoms with Crippen molar-refractivity contribution in [2.45, 2.75) is 46.5 Å². The number of hydrogen-bond donors (Lipinski definition) is 1. The Balaban J connectivity index is 1.97. The van der Waals surface area contributed by atoms with Crippen molar-refractivity contribution in [3.63, 3.8) is 0 Å². The summed E-state index contributed by atoms with van der Waals surface area (Å²) in [6.45, 7) is 6.70. The Labute approximate surface area is 179 Å². The first-order valence-corrected chi connectivity index (χ1v) is 10.8. The van der Waals surface area contributed by atoms with Crippen molar-refractivity contribution in [2.24, 2.45) is 11.3 Å². The van der Waals surface area contributed by atoms with E-state index in [0.29, 0.717) is 16.5 Å². The molecule has 8 heteroatoms. The van der Waals surface area contributed by atoms with Crippen LogP contribution in [0, 0.1) is 21.4 Å². The van der Waals surface area contributed by atoms with Crippen LogP contribution < -0.4 is 5.32 Å². The van der Waals surface area contributed by atoms with Crippen LogP contribution in [-0.4, -0.2) is 23.9 Å². The number of nitro groups is 1. The molecule has 0 aliphatic heterocycles. The molecule has 1 amide bonds. The standard InChI is InChI=1S/C22H26N2O5S/c1-5-22(2,3)13-10-11-15-17(12-13)30-20(18(15)21(26)29-4)23-19(25)14-8-6-7-9-16(14)24(27)28/h6-9,13H,5,10-12H2,1-4H3,(H,23,25)/t13-/m1/s1. The molecule has 2 aromatic rings. The number of carbonyl (C=O) groups excluding carboxylic acids is 2. The quantitative estimate of drug-likeness (QED) is 0.384. The number of ether oxygens (including phenoxy) is 1. The summed E-state index contributed by atoms with van der Waals surface area (Å²) in [5.41, 5.74) is 1.15. The Morgan fingerprint density at radius 2 is 2.03 bits per heavy atom. The Morgan fingerprint density at radius 3 is 2.67 bits per heavy atom. The van der Waals surface area contributed by atoms with E-state index < -0.39 is 16.8 Å². The second-order valence-corrected chi connectivity index (χ2v) is 9.31. The Morgan fingerprint density at radius 1 is 1.33 bits per heavy atom. The van der Waals surface area contributed by atoms with Crippen LogP contribution in [-0.2, 0) is 17.6 Å². The zero-order valence-corrected chi connectivity index (χ0v) is 18.4. The van der Waals surface area contributed by atoms with Crippen molar-refractivity contribution in [2.75, 3.05) is 12.4 Å². The normalized spacial score (nSPS) is 15.9. The van der Waals surface area contributed by atoms with Crippen molar-refractivity contribution in [1.82, 2.24) is 0 Å². The molecule has 0 unspecified atom stereocenters. The predicted molar refractivity (Wildman–Crippen MR) is 116 cm³/mol. The number of carbonyl (C=O) groups is 2. The van der Waals surface area contributed by atoms with Crippen LogP contribution in [0.25, 0.3) is 0 Å². The highest BCUT2D eigenvalue weighted by molar-refractivity contribution is 7.17. The largest absolute Gasteiger partial charge is 0.465 e. The summed E-state index contributed by atoms with van der Waals surface area (Å²) in [5.74, 6) is -0.632. The monoisotopic (exact) mass is 430 g/mol. The molecule has 160 valence electrons. The third kappa shape index (κ3) is 4.09. The molecule has 1 aromatic heterocycles. The molecule has 1 heterocycles. The number of para-hydroxylation sites is 1. The summed E-state index contributed by atoms with van der Waals surface area (Å²) >= 11 is 1.37. The van der Waals surface area contributed by atoms with Crippen LogP contribution in [0.2, 0.25) is 0 Å². The minimum absolute atomic E-state index is 0.0466. The number of methoxy groups -OCH3 is 1. The third-order valence-electron chi connectivity index (χ3n) is 6.24. The Hall–Kier alpha value is -2.74. The molecule has 0 bridgehead atoms. The van der Waals surface area contributed by atoms with Crippen LogP contribution in [0.1, 0.15) is 64.8 Å². The van der Waals surface area contributed by atoms with Gasteiger partial charge in [0.15, 0.2) is 0 Å². The van der Waals surface area contributed by atoms with Crippen LogP contribution in [0.3, 0.4) is 0 Å². The lowest BCUT2D eigenvalue weighted by Crippen LogP contribution is -2.28. The van der Waals surface area contributed by atoms with E-state index in [1.807, 2.05) is 0 Å². The molecular weight excluding hydrogens is 404 g/mol. The van der Waals surface area contributed by atoms with E-state index in [9.17, 15) is 19.7 Å². The van der Waals surface area contributed by atoms with Gasteiger partial charge in [-0.1, -0.05) is 39.3 Å². The molecule has 1 atom stereocenters. The maximum absolute atomic E-state index is 12.8. The number of esters is 1. The molecule has 1 N–H and O–H groups in total. The second kappa shape index (κ2) is 8.55. The van der Waals surface area contributed by atoms with E-state index in [2.05, 4.69) is 26.1 Å². The molecule has 1 aliphatic carbocycles. The Kier molecular flexibility index (Phi) is 6.26. The van der Waals surface area contributed by atoms with Gasteiger partial charge in [-0.3, -0.25) is 14.9 Å². The van der Waals surface area contributed by atoms with Gasteiger partial charge in [0.25, 0.3) is 11.6 Å². The molecular formula is C22H26N2O5S. The van der Waals surface area contributed by atoms with Gasteiger partial charge in [0.2, 0.25) is 0 Å². The lowest BCUT2D eigenvalue weighted by molar-refractivity contribution is -0.385. The van der Waals surface area contributed by atoms with E-state index in [1.165, 1.54) is 36.6 Å². The molecule has 1 aliphatic rings. The van der Waals surface area contributed by atoms with Crippen molar-refractivity contribution < 1.29 is 19.2 Å². The maximum Gasteiger partial charge on any atom is 0.341 e. The molecule has 0 saturated carbocycles. The summed E-state index contributed by atoms with van der Waals surface area (Å²) in [5, 5.41) is 14.4. The topological polar surface area (TPSA) is 98.5 Å². The number of anilines is 1. The van der Waals surface area contributed by atoms with E-state index in [1.54, 1.807) is 6.07 Å². The van der Waals surface area contributed by atoms with Crippen LogP contribution in [0.4, 0.5) is 10.7 Å². The lowest BCUT2D eigenvalue weighted by atomic mass is 9.69. The molecule has 0 saturated heterocycles. The van der Waals surface area contributed by atoms with Crippen LogP contribution in [0.15, 0.2) is 24.3 Å². The van der Waals surface area contributed by atoms with Crippen LogP contribution in [0.5, 0.6) is 0 Å². The first-order chi connectivity index (χ1) is 14.2. The molecule has 0 radical (unpaired) electrons. The van der Waals surface area contributed by atoms with Gasteiger partial charge < -0.3 is 10.1 Å². The summed E-state index contributed by atoms with van der Waals surface area (Å²) in [4.78, 5) is 37.1. The van der Waals surface area contributed by atoms with Crippen molar-refractivity contribution >= 4 is 33.9 Å². The second-order valence-electron chi connectivity index (χ2n) is 8.21. The van der Waals surface area contributed by atoms with E-state index >= 15 is 0 Å². The summed E-state index contributed by atoms with van der Waals surface area (Å²) in [6.07, 6.45) is 3.60. The van der Waals surface area contributed by atoms with Gasteiger partial charge in [-0.15, -0.1) is 11.3 Å². The Bertz CT molecular complexity index is 995. The molecule has 3 rings (SSSR count). The highest BCUT2D eigenvalue weighted by atomic mass is 32.1. The highest BCUT2D eigenvalue weighted by Gasteiger charge is 2.36. The highest BCUT2D eigenvalue weighted by Crippen LogP contribution is 2.45. The third-order valence-corrected chi connectivity index (χ3v) is 7.41. The van der Waals surface area contributed by atoms with E-state index in [4.69, 9.17) is 4.74 Å². The summed E-state index contributed by atoms with van der Waals surface area (Å²) in [7, 11) is 1.31. The average molecular weight is 431 g/mol. The number of fused-ring (bicyclic) bond motifs is 1. The van der Waals surface area contributed by atoms with Gasteiger partial charge >= 0.3 is 5.97 Å². The zero-order valence-electron chi connectivity index (χ0n) is 17.6. The smallest absolute Gasteiger partial charge is 0.341 e.